The molecule has 2 aromatic rings. The third kappa shape index (κ3) is 1.57. The summed E-state index contributed by atoms with van der Waals surface area (Å²) >= 11 is 15.4. The van der Waals surface area contributed by atoms with Crippen molar-refractivity contribution in [3.63, 3.8) is 0 Å². The van der Waals surface area contributed by atoms with Crippen LogP contribution in [0.25, 0.3) is 10.1 Å². The van der Waals surface area contributed by atoms with Gasteiger partial charge < -0.3 is 0 Å². The average molecular weight is 249 g/mol. The van der Waals surface area contributed by atoms with Crippen molar-refractivity contribution in [3.05, 3.63) is 27.6 Å². The molecule has 4 heteroatoms. The molecule has 68 valence electrons. The fourth-order valence-electron chi connectivity index (χ4n) is 1.21. The van der Waals surface area contributed by atoms with Crippen LogP contribution in [0.2, 0.25) is 10.0 Å². The highest BCUT2D eigenvalue weighted by Crippen LogP contribution is 2.40. The zero-order valence-electron chi connectivity index (χ0n) is 6.80. The topological polar surface area (TPSA) is 0 Å². The molecule has 1 aromatic carbocycles. The fraction of sp³-hybridized carbons (Fsp3) is 0.111. The second-order valence-corrected chi connectivity index (χ2v) is 5.06. The van der Waals surface area contributed by atoms with E-state index < -0.39 is 0 Å². The lowest BCUT2D eigenvalue weighted by Crippen LogP contribution is -1.75. The van der Waals surface area contributed by atoms with Gasteiger partial charge >= 0.3 is 0 Å². The van der Waals surface area contributed by atoms with Crippen LogP contribution in [0.15, 0.2) is 22.4 Å². The maximum Gasteiger partial charge on any atom is 0.0742 e. The van der Waals surface area contributed by atoms with Crippen molar-refractivity contribution in [1.29, 1.82) is 0 Å². The van der Waals surface area contributed by atoms with E-state index in [2.05, 4.69) is 11.4 Å². The first kappa shape index (κ1) is 9.66. The molecule has 0 amide bonds. The number of hydrogen-bond donors (Lipinski definition) is 0. The molecule has 1 heterocycles. The van der Waals surface area contributed by atoms with Gasteiger partial charge in [0.1, 0.15) is 0 Å². The molecule has 2 rings (SSSR count). The first-order chi connectivity index (χ1) is 6.24. The summed E-state index contributed by atoms with van der Waals surface area (Å²) in [5, 5.41) is 4.53. The lowest BCUT2D eigenvalue weighted by molar-refractivity contribution is 1.59. The number of halogens is 2. The minimum Gasteiger partial charge on any atom is -0.143 e. The lowest BCUT2D eigenvalue weighted by atomic mass is 10.3. The molecule has 0 bridgehead atoms. The van der Waals surface area contributed by atoms with Gasteiger partial charge in [0.15, 0.2) is 0 Å². The molecule has 0 aliphatic heterocycles. The first-order valence-electron chi connectivity index (χ1n) is 3.63. The Hall–Kier alpha value is 0.110. The number of rotatable bonds is 1. The predicted octanol–water partition coefficient (Wildman–Crippen LogP) is 4.93. The fourth-order valence-corrected chi connectivity index (χ4v) is 3.72. The van der Waals surface area contributed by atoms with Crippen molar-refractivity contribution < 1.29 is 0 Å². The molecular weight excluding hydrogens is 243 g/mol. The zero-order valence-corrected chi connectivity index (χ0v) is 9.95. The Morgan fingerprint density at radius 2 is 2.15 bits per heavy atom. The van der Waals surface area contributed by atoms with Crippen molar-refractivity contribution in [3.8, 4) is 0 Å². The van der Waals surface area contributed by atoms with Crippen molar-refractivity contribution in [2.24, 2.45) is 0 Å². The van der Waals surface area contributed by atoms with Crippen LogP contribution in [-0.4, -0.2) is 6.26 Å². The molecule has 0 aliphatic rings. The van der Waals surface area contributed by atoms with Gasteiger partial charge in [0.2, 0.25) is 0 Å². The second kappa shape index (κ2) is 3.70. The van der Waals surface area contributed by atoms with Crippen molar-refractivity contribution in [2.75, 3.05) is 6.26 Å². The van der Waals surface area contributed by atoms with Crippen LogP contribution in [0.1, 0.15) is 0 Å². The number of benzene rings is 1. The highest BCUT2D eigenvalue weighted by molar-refractivity contribution is 7.99. The highest BCUT2D eigenvalue weighted by Gasteiger charge is 2.10. The van der Waals surface area contributed by atoms with Gasteiger partial charge in [0.05, 0.1) is 10.0 Å². The summed E-state index contributed by atoms with van der Waals surface area (Å²) in [7, 11) is 0. The Morgan fingerprint density at radius 1 is 1.38 bits per heavy atom. The molecular formula is C9H6Cl2S2. The Balaban J connectivity index is 2.87. The SMILES string of the molecule is CSc1c(Cl)c(Cl)cc2ccsc12. The number of hydrogen-bond acceptors (Lipinski definition) is 2. The summed E-state index contributed by atoms with van der Waals surface area (Å²) in [5.74, 6) is 0. The van der Waals surface area contributed by atoms with E-state index in [0.717, 1.165) is 4.90 Å². The smallest absolute Gasteiger partial charge is 0.0742 e. The molecule has 0 aliphatic carbocycles. The summed E-state index contributed by atoms with van der Waals surface area (Å²) in [5.41, 5.74) is 0. The lowest BCUT2D eigenvalue weighted by Gasteiger charge is -2.03. The molecule has 0 N–H and O–H groups in total. The maximum atomic E-state index is 6.08. The number of thiophene rings is 1. The summed E-state index contributed by atoms with van der Waals surface area (Å²) < 4.78 is 1.22. The van der Waals surface area contributed by atoms with E-state index in [1.165, 1.54) is 10.1 Å². The third-order valence-electron chi connectivity index (χ3n) is 1.80. The average Bonchev–Trinajstić information content (AvgIpc) is 2.54. The van der Waals surface area contributed by atoms with Gasteiger partial charge in [0.25, 0.3) is 0 Å². The van der Waals surface area contributed by atoms with Crippen LogP contribution in [0.4, 0.5) is 0 Å². The van der Waals surface area contributed by atoms with E-state index in [4.69, 9.17) is 23.2 Å². The normalized spacial score (nSPS) is 11.0. The van der Waals surface area contributed by atoms with Crippen LogP contribution >= 0.6 is 46.3 Å². The predicted molar refractivity (Wildman–Crippen MR) is 63.6 cm³/mol. The van der Waals surface area contributed by atoms with E-state index >= 15 is 0 Å². The Kier molecular flexibility index (Phi) is 2.75. The zero-order chi connectivity index (χ0) is 9.42. The van der Waals surface area contributed by atoms with Gasteiger partial charge in [0, 0.05) is 9.60 Å². The van der Waals surface area contributed by atoms with Crippen LogP contribution < -0.4 is 0 Å². The Labute approximate surface area is 94.8 Å². The maximum absolute atomic E-state index is 6.08. The van der Waals surface area contributed by atoms with Crippen LogP contribution in [0, 0.1) is 0 Å². The Morgan fingerprint density at radius 3 is 2.85 bits per heavy atom. The quantitative estimate of drug-likeness (QED) is 0.646. The van der Waals surface area contributed by atoms with Gasteiger partial charge in [-0.25, -0.2) is 0 Å². The van der Waals surface area contributed by atoms with E-state index in [1.807, 2.05) is 12.3 Å². The van der Waals surface area contributed by atoms with Crippen molar-refractivity contribution >= 4 is 56.4 Å². The summed E-state index contributed by atoms with van der Waals surface area (Å²) in [6.45, 7) is 0. The molecule has 0 fully saturated rings. The minimum absolute atomic E-state index is 0.636. The van der Waals surface area contributed by atoms with Crippen molar-refractivity contribution in [1.82, 2.24) is 0 Å². The summed E-state index contributed by atoms with van der Waals surface area (Å²) in [6.07, 6.45) is 2.01. The van der Waals surface area contributed by atoms with Gasteiger partial charge in [-0.05, 0) is 29.2 Å². The number of fused-ring (bicyclic) bond motifs is 1. The monoisotopic (exact) mass is 248 g/mol. The van der Waals surface area contributed by atoms with Crippen LogP contribution in [0.5, 0.6) is 0 Å². The molecule has 0 atom stereocenters. The van der Waals surface area contributed by atoms with Crippen LogP contribution in [-0.2, 0) is 0 Å². The Bertz CT molecular complexity index is 448. The molecule has 0 saturated heterocycles. The van der Waals surface area contributed by atoms with E-state index in [-0.39, 0.29) is 0 Å². The largest absolute Gasteiger partial charge is 0.143 e. The van der Waals surface area contributed by atoms with E-state index in [9.17, 15) is 0 Å². The summed E-state index contributed by atoms with van der Waals surface area (Å²) in [6, 6.07) is 3.97. The highest BCUT2D eigenvalue weighted by atomic mass is 35.5. The molecule has 13 heavy (non-hydrogen) atoms. The summed E-state index contributed by atoms with van der Waals surface area (Å²) in [4.78, 5) is 1.08. The number of thioether (sulfide) groups is 1. The molecule has 1 aromatic heterocycles. The third-order valence-corrected chi connectivity index (χ3v) is 4.59. The minimum atomic E-state index is 0.636. The molecule has 0 spiro atoms. The molecule has 0 saturated carbocycles. The first-order valence-corrected chi connectivity index (χ1v) is 6.49. The van der Waals surface area contributed by atoms with Gasteiger partial charge in [-0.1, -0.05) is 23.2 Å². The van der Waals surface area contributed by atoms with Crippen molar-refractivity contribution in [2.45, 2.75) is 4.90 Å². The van der Waals surface area contributed by atoms with Crippen LogP contribution in [0.3, 0.4) is 0 Å². The standard InChI is InChI=1S/C9H6Cl2S2/c1-12-9-7(11)6(10)4-5-2-3-13-8(5)9/h2-4H,1H3. The molecule has 0 nitrogen and oxygen atoms in total. The molecule has 0 unspecified atom stereocenters. The van der Waals surface area contributed by atoms with Gasteiger partial charge in [-0.15, -0.1) is 23.1 Å². The van der Waals surface area contributed by atoms with E-state index in [1.54, 1.807) is 23.1 Å². The van der Waals surface area contributed by atoms with Gasteiger partial charge in [-0.2, -0.15) is 0 Å². The van der Waals surface area contributed by atoms with E-state index in [0.29, 0.717) is 10.0 Å². The van der Waals surface area contributed by atoms with Gasteiger partial charge in [-0.3, -0.25) is 0 Å². The second-order valence-electron chi connectivity index (χ2n) is 2.54. The molecule has 0 radical (unpaired) electrons.